The van der Waals surface area contributed by atoms with Crippen molar-refractivity contribution in [2.45, 2.75) is 17.1 Å². The van der Waals surface area contributed by atoms with Crippen molar-refractivity contribution >= 4 is 23.1 Å². The highest BCUT2D eigenvalue weighted by Gasteiger charge is 2.17. The first-order valence-electron chi connectivity index (χ1n) is 10.00. The molecule has 0 saturated carbocycles. The third kappa shape index (κ3) is 4.69. The maximum absolute atomic E-state index is 12.4. The minimum absolute atomic E-state index is 0.169. The average molecular weight is 400 g/mol. The van der Waals surface area contributed by atoms with E-state index in [0.717, 1.165) is 24.3 Å². The van der Waals surface area contributed by atoms with Crippen molar-refractivity contribution < 1.29 is 4.79 Å². The number of hydrogen-bond donors (Lipinski definition) is 0. The molecule has 0 spiro atoms. The van der Waals surface area contributed by atoms with Gasteiger partial charge in [-0.25, -0.2) is 0 Å². The standard InChI is InChI=1S/C26H25NOS/c1-27(18-25(28)20-10-3-2-4-11-20)17-9-15-23-22-13-6-5-12-21(22)19-29-26-16-8-7-14-24(23)26/h2-8,10-16H,9,17-19H2,1H3/b23-15-. The maximum Gasteiger partial charge on any atom is 0.176 e. The topological polar surface area (TPSA) is 20.3 Å². The summed E-state index contributed by atoms with van der Waals surface area (Å²) in [4.78, 5) is 15.9. The minimum atomic E-state index is 0.169. The second-order valence-electron chi connectivity index (χ2n) is 7.38. The van der Waals surface area contributed by atoms with Crippen LogP contribution in [0.5, 0.6) is 0 Å². The van der Waals surface area contributed by atoms with E-state index in [0.29, 0.717) is 6.54 Å². The van der Waals surface area contributed by atoms with E-state index in [4.69, 9.17) is 0 Å². The molecular weight excluding hydrogens is 374 g/mol. The Morgan fingerprint density at radius 3 is 2.45 bits per heavy atom. The fourth-order valence-corrected chi connectivity index (χ4v) is 4.78. The van der Waals surface area contributed by atoms with Crippen LogP contribution in [0.25, 0.3) is 5.57 Å². The van der Waals surface area contributed by atoms with Gasteiger partial charge in [0.15, 0.2) is 5.78 Å². The third-order valence-electron chi connectivity index (χ3n) is 5.24. The lowest BCUT2D eigenvalue weighted by Crippen LogP contribution is -2.26. The number of carbonyl (C=O) groups is 1. The number of benzene rings is 3. The summed E-state index contributed by atoms with van der Waals surface area (Å²) in [6.45, 7) is 1.29. The molecule has 1 aliphatic rings. The fraction of sp³-hybridized carbons (Fsp3) is 0.192. The molecule has 0 atom stereocenters. The van der Waals surface area contributed by atoms with Crippen molar-refractivity contribution in [1.82, 2.24) is 4.90 Å². The normalized spacial score (nSPS) is 14.3. The van der Waals surface area contributed by atoms with Gasteiger partial charge in [-0.15, -0.1) is 11.8 Å². The number of carbonyl (C=O) groups excluding carboxylic acids is 1. The van der Waals surface area contributed by atoms with Crippen molar-refractivity contribution in [3.05, 3.63) is 107 Å². The molecule has 0 fully saturated rings. The Hall–Kier alpha value is -2.62. The molecule has 1 aliphatic heterocycles. The summed E-state index contributed by atoms with van der Waals surface area (Å²) in [7, 11) is 2.02. The SMILES string of the molecule is CN(CC/C=C1/c2ccccc2CSc2ccccc21)CC(=O)c1ccccc1. The van der Waals surface area contributed by atoms with Crippen molar-refractivity contribution in [3.63, 3.8) is 0 Å². The largest absolute Gasteiger partial charge is 0.299 e. The van der Waals surface area contributed by atoms with Gasteiger partial charge in [-0.3, -0.25) is 9.69 Å². The smallest absolute Gasteiger partial charge is 0.176 e. The molecule has 0 amide bonds. The molecule has 0 aromatic heterocycles. The van der Waals surface area contributed by atoms with Gasteiger partial charge in [0, 0.05) is 22.8 Å². The zero-order valence-electron chi connectivity index (χ0n) is 16.7. The summed E-state index contributed by atoms with van der Waals surface area (Å²) in [5.41, 5.74) is 6.11. The van der Waals surface area contributed by atoms with Crippen LogP contribution in [0.3, 0.4) is 0 Å². The summed E-state index contributed by atoms with van der Waals surface area (Å²) in [6.07, 6.45) is 3.24. The molecular formula is C26H25NOS. The van der Waals surface area contributed by atoms with Gasteiger partial charge in [0.25, 0.3) is 0 Å². The Morgan fingerprint density at radius 2 is 1.62 bits per heavy atom. The van der Waals surface area contributed by atoms with Gasteiger partial charge in [-0.1, -0.05) is 78.9 Å². The van der Waals surface area contributed by atoms with Crippen LogP contribution in [0.2, 0.25) is 0 Å². The molecule has 4 rings (SSSR count). The summed E-state index contributed by atoms with van der Waals surface area (Å²) in [5, 5.41) is 0. The summed E-state index contributed by atoms with van der Waals surface area (Å²) in [5.74, 6) is 1.16. The number of rotatable bonds is 6. The van der Waals surface area contributed by atoms with Crippen LogP contribution in [-0.4, -0.2) is 30.8 Å². The highest BCUT2D eigenvalue weighted by atomic mass is 32.2. The van der Waals surface area contributed by atoms with Gasteiger partial charge >= 0.3 is 0 Å². The summed E-state index contributed by atoms with van der Waals surface area (Å²) < 4.78 is 0. The van der Waals surface area contributed by atoms with Gasteiger partial charge in [0.1, 0.15) is 0 Å². The third-order valence-corrected chi connectivity index (χ3v) is 6.36. The van der Waals surface area contributed by atoms with E-state index < -0.39 is 0 Å². The second kappa shape index (κ2) is 9.25. The lowest BCUT2D eigenvalue weighted by atomic mass is 9.93. The molecule has 3 aromatic carbocycles. The van der Waals surface area contributed by atoms with Crippen LogP contribution in [0, 0.1) is 0 Å². The van der Waals surface area contributed by atoms with Crippen LogP contribution in [-0.2, 0) is 5.75 Å². The van der Waals surface area contributed by atoms with Crippen molar-refractivity contribution in [2.75, 3.05) is 20.1 Å². The summed E-state index contributed by atoms with van der Waals surface area (Å²) >= 11 is 1.91. The number of thioether (sulfide) groups is 1. The number of Topliss-reactive ketones (excluding diaryl/α,β-unsaturated/α-hetero) is 1. The summed E-state index contributed by atoms with van der Waals surface area (Å²) in [6, 6.07) is 26.9. The van der Waals surface area contributed by atoms with Crippen LogP contribution in [0.4, 0.5) is 0 Å². The molecule has 0 N–H and O–H groups in total. The molecule has 146 valence electrons. The molecule has 0 saturated heterocycles. The first-order chi connectivity index (χ1) is 14.2. The zero-order valence-corrected chi connectivity index (χ0v) is 17.5. The van der Waals surface area contributed by atoms with Gasteiger partial charge in [0.05, 0.1) is 6.54 Å². The second-order valence-corrected chi connectivity index (χ2v) is 8.39. The minimum Gasteiger partial charge on any atom is -0.299 e. The van der Waals surface area contributed by atoms with E-state index in [1.54, 1.807) is 0 Å². The van der Waals surface area contributed by atoms with Gasteiger partial charge < -0.3 is 0 Å². The molecule has 3 aromatic rings. The van der Waals surface area contributed by atoms with Gasteiger partial charge in [-0.05, 0) is 41.8 Å². The molecule has 29 heavy (non-hydrogen) atoms. The Kier molecular flexibility index (Phi) is 6.28. The fourth-order valence-electron chi connectivity index (χ4n) is 3.71. The Bertz CT molecular complexity index is 976. The molecule has 0 radical (unpaired) electrons. The van der Waals surface area contributed by atoms with E-state index in [-0.39, 0.29) is 5.78 Å². The first kappa shape index (κ1) is 19.7. The highest BCUT2D eigenvalue weighted by Crippen LogP contribution is 2.39. The molecule has 2 nitrogen and oxygen atoms in total. The lowest BCUT2D eigenvalue weighted by molar-refractivity contribution is 0.0947. The number of likely N-dealkylation sites (N-methyl/N-ethyl adjacent to an activating group) is 1. The zero-order chi connectivity index (χ0) is 20.1. The predicted molar refractivity (Wildman–Crippen MR) is 122 cm³/mol. The molecule has 0 aliphatic carbocycles. The number of fused-ring (bicyclic) bond motifs is 2. The van der Waals surface area contributed by atoms with Crippen molar-refractivity contribution in [1.29, 1.82) is 0 Å². The number of nitrogens with zero attached hydrogens (tertiary/aromatic N) is 1. The maximum atomic E-state index is 12.4. The quantitative estimate of drug-likeness (QED) is 0.479. The van der Waals surface area contributed by atoms with Crippen molar-refractivity contribution in [3.8, 4) is 0 Å². The van der Waals surface area contributed by atoms with Crippen LogP contribution >= 0.6 is 11.8 Å². The molecule has 1 heterocycles. The Morgan fingerprint density at radius 1 is 0.931 bits per heavy atom. The lowest BCUT2D eigenvalue weighted by Gasteiger charge is -2.16. The van der Waals surface area contributed by atoms with E-state index >= 15 is 0 Å². The Balaban J connectivity index is 1.50. The number of ketones is 1. The van der Waals surface area contributed by atoms with E-state index in [2.05, 4.69) is 59.5 Å². The highest BCUT2D eigenvalue weighted by molar-refractivity contribution is 7.98. The van der Waals surface area contributed by atoms with E-state index in [9.17, 15) is 4.79 Å². The van der Waals surface area contributed by atoms with Gasteiger partial charge in [-0.2, -0.15) is 0 Å². The van der Waals surface area contributed by atoms with Crippen LogP contribution in [0.15, 0.2) is 89.8 Å². The van der Waals surface area contributed by atoms with Gasteiger partial charge in [0.2, 0.25) is 0 Å². The Labute approximate surface area is 177 Å². The number of hydrogen-bond acceptors (Lipinski definition) is 3. The van der Waals surface area contributed by atoms with Crippen LogP contribution < -0.4 is 0 Å². The first-order valence-corrected chi connectivity index (χ1v) is 11.0. The van der Waals surface area contributed by atoms with Crippen LogP contribution in [0.1, 0.15) is 33.5 Å². The average Bonchev–Trinajstić information content (AvgIpc) is 2.92. The van der Waals surface area contributed by atoms with E-state index in [1.807, 2.05) is 49.1 Å². The molecule has 0 bridgehead atoms. The molecule has 3 heteroatoms. The predicted octanol–water partition coefficient (Wildman–Crippen LogP) is 5.93. The van der Waals surface area contributed by atoms with Crippen molar-refractivity contribution in [2.24, 2.45) is 0 Å². The monoisotopic (exact) mass is 399 g/mol. The molecule has 0 unspecified atom stereocenters. The van der Waals surface area contributed by atoms with E-state index in [1.165, 1.54) is 27.2 Å².